The van der Waals surface area contributed by atoms with Crippen molar-refractivity contribution < 1.29 is 13.6 Å². The number of nitrogens with zero attached hydrogens (tertiary/aromatic N) is 1. The molecular formula is C15H13ClF2N2O. The van der Waals surface area contributed by atoms with Crippen molar-refractivity contribution in [2.24, 2.45) is 0 Å². The third-order valence-electron chi connectivity index (χ3n) is 2.91. The normalized spacial score (nSPS) is 10.3. The van der Waals surface area contributed by atoms with Gasteiger partial charge in [0.05, 0.1) is 5.69 Å². The van der Waals surface area contributed by atoms with E-state index < -0.39 is 17.7 Å². The quantitative estimate of drug-likeness (QED) is 0.901. The molecular weight excluding hydrogens is 298 g/mol. The number of halogens is 3. The predicted octanol–water partition coefficient (Wildman–Crippen LogP) is 4.28. The second-order valence-corrected chi connectivity index (χ2v) is 4.89. The Morgan fingerprint density at radius 2 is 1.90 bits per heavy atom. The lowest BCUT2D eigenvalue weighted by Gasteiger charge is -2.19. The second-order valence-electron chi connectivity index (χ2n) is 4.48. The van der Waals surface area contributed by atoms with Gasteiger partial charge in [-0.2, -0.15) is 0 Å². The van der Waals surface area contributed by atoms with Crippen molar-refractivity contribution in [3.63, 3.8) is 0 Å². The molecule has 0 radical (unpaired) electrons. The molecule has 3 nitrogen and oxygen atoms in total. The lowest BCUT2D eigenvalue weighted by molar-refractivity contribution is 0.220. The van der Waals surface area contributed by atoms with Gasteiger partial charge in [-0.05, 0) is 23.8 Å². The first-order valence-electron chi connectivity index (χ1n) is 6.18. The number of anilines is 1. The molecule has 110 valence electrons. The van der Waals surface area contributed by atoms with E-state index in [0.29, 0.717) is 5.02 Å². The van der Waals surface area contributed by atoms with Gasteiger partial charge in [-0.1, -0.05) is 35.9 Å². The summed E-state index contributed by atoms with van der Waals surface area (Å²) < 4.78 is 26.6. The van der Waals surface area contributed by atoms with Crippen molar-refractivity contribution in [3.8, 4) is 0 Å². The van der Waals surface area contributed by atoms with Crippen molar-refractivity contribution in [1.29, 1.82) is 0 Å². The van der Waals surface area contributed by atoms with Gasteiger partial charge in [0.1, 0.15) is 0 Å². The van der Waals surface area contributed by atoms with Gasteiger partial charge < -0.3 is 10.2 Å². The van der Waals surface area contributed by atoms with Gasteiger partial charge in [-0.15, -0.1) is 0 Å². The summed E-state index contributed by atoms with van der Waals surface area (Å²) in [6, 6.07) is 10.1. The average Bonchev–Trinajstić information content (AvgIpc) is 2.46. The molecule has 2 rings (SSSR count). The molecule has 0 saturated carbocycles. The molecule has 0 fully saturated rings. The van der Waals surface area contributed by atoms with E-state index in [1.54, 1.807) is 24.3 Å². The first kappa shape index (κ1) is 15.3. The first-order chi connectivity index (χ1) is 9.99. The Balaban J connectivity index is 2.06. The summed E-state index contributed by atoms with van der Waals surface area (Å²) in [6.45, 7) is 0.252. The number of hydrogen-bond donors (Lipinski definition) is 1. The van der Waals surface area contributed by atoms with Crippen LogP contribution in [0.4, 0.5) is 19.3 Å². The number of amides is 2. The fourth-order valence-electron chi connectivity index (χ4n) is 1.76. The third kappa shape index (κ3) is 3.70. The van der Waals surface area contributed by atoms with E-state index in [9.17, 15) is 13.6 Å². The van der Waals surface area contributed by atoms with Crippen molar-refractivity contribution >= 4 is 23.3 Å². The minimum Gasteiger partial charge on any atom is -0.323 e. The molecule has 0 aliphatic rings. The molecule has 0 aliphatic carbocycles. The topological polar surface area (TPSA) is 32.3 Å². The van der Waals surface area contributed by atoms with Gasteiger partial charge in [0.25, 0.3) is 0 Å². The number of hydrogen-bond acceptors (Lipinski definition) is 1. The zero-order valence-electron chi connectivity index (χ0n) is 11.2. The summed E-state index contributed by atoms with van der Waals surface area (Å²) in [7, 11) is 1.54. The lowest BCUT2D eigenvalue weighted by Crippen LogP contribution is -2.31. The molecule has 2 amide bonds. The Bertz CT molecular complexity index is 664. The van der Waals surface area contributed by atoms with E-state index in [-0.39, 0.29) is 12.2 Å². The van der Waals surface area contributed by atoms with Gasteiger partial charge in [0, 0.05) is 18.6 Å². The molecule has 0 heterocycles. The van der Waals surface area contributed by atoms with Crippen molar-refractivity contribution in [3.05, 3.63) is 64.7 Å². The third-order valence-corrected chi connectivity index (χ3v) is 3.27. The van der Waals surface area contributed by atoms with Crippen LogP contribution < -0.4 is 5.32 Å². The Morgan fingerprint density at radius 3 is 2.62 bits per heavy atom. The number of rotatable bonds is 3. The van der Waals surface area contributed by atoms with E-state index in [0.717, 1.165) is 11.6 Å². The van der Waals surface area contributed by atoms with Crippen LogP contribution in [-0.4, -0.2) is 18.0 Å². The maximum atomic E-state index is 13.5. The van der Waals surface area contributed by atoms with Gasteiger partial charge in [0.15, 0.2) is 11.6 Å². The van der Waals surface area contributed by atoms with E-state index in [1.807, 2.05) is 0 Å². The molecule has 1 N–H and O–H groups in total. The SMILES string of the molecule is CN(Cc1ccccc1Cl)C(=O)Nc1cccc(F)c1F. The van der Waals surface area contributed by atoms with Gasteiger partial charge in [-0.25, -0.2) is 13.6 Å². The second kappa shape index (κ2) is 6.54. The van der Waals surface area contributed by atoms with Crippen LogP contribution in [0.25, 0.3) is 0 Å². The highest BCUT2D eigenvalue weighted by Crippen LogP contribution is 2.19. The molecule has 0 saturated heterocycles. The number of carbonyl (C=O) groups is 1. The summed E-state index contributed by atoms with van der Waals surface area (Å²) in [5, 5.41) is 2.86. The molecule has 0 aromatic heterocycles. The smallest absolute Gasteiger partial charge is 0.321 e. The van der Waals surface area contributed by atoms with Crippen LogP contribution >= 0.6 is 11.6 Å². The summed E-state index contributed by atoms with van der Waals surface area (Å²) in [5.41, 5.74) is 0.558. The number of nitrogens with one attached hydrogen (secondary N) is 1. The molecule has 0 unspecified atom stereocenters. The fraction of sp³-hybridized carbons (Fsp3) is 0.133. The molecule has 2 aromatic rings. The van der Waals surface area contributed by atoms with Gasteiger partial charge in [-0.3, -0.25) is 0 Å². The summed E-state index contributed by atoms with van der Waals surface area (Å²) >= 11 is 6.01. The van der Waals surface area contributed by atoms with Crippen LogP contribution in [-0.2, 0) is 6.54 Å². The van der Waals surface area contributed by atoms with E-state index >= 15 is 0 Å². The molecule has 0 atom stereocenters. The number of benzene rings is 2. The molecule has 6 heteroatoms. The Labute approximate surface area is 126 Å². The Morgan fingerprint density at radius 1 is 1.19 bits per heavy atom. The molecule has 2 aromatic carbocycles. The van der Waals surface area contributed by atoms with Gasteiger partial charge >= 0.3 is 6.03 Å². The van der Waals surface area contributed by atoms with E-state index in [1.165, 1.54) is 24.1 Å². The highest BCUT2D eigenvalue weighted by Gasteiger charge is 2.14. The van der Waals surface area contributed by atoms with Crippen molar-refractivity contribution in [1.82, 2.24) is 4.90 Å². The maximum absolute atomic E-state index is 13.5. The standard InChI is InChI=1S/C15H13ClF2N2O/c1-20(9-10-5-2-3-6-11(10)16)15(21)19-13-8-4-7-12(17)14(13)18/h2-8H,9H2,1H3,(H,19,21). The van der Waals surface area contributed by atoms with Crippen molar-refractivity contribution in [2.45, 2.75) is 6.54 Å². The molecule has 0 aliphatic heterocycles. The van der Waals surface area contributed by atoms with Crippen LogP contribution in [0.15, 0.2) is 42.5 Å². The predicted molar refractivity (Wildman–Crippen MR) is 78.3 cm³/mol. The van der Waals surface area contributed by atoms with E-state index in [2.05, 4.69) is 5.32 Å². The molecule has 0 bridgehead atoms. The van der Waals surface area contributed by atoms with Crippen molar-refractivity contribution in [2.75, 3.05) is 12.4 Å². The number of urea groups is 1. The highest BCUT2D eigenvalue weighted by molar-refractivity contribution is 6.31. The zero-order valence-corrected chi connectivity index (χ0v) is 12.0. The Kier molecular flexibility index (Phi) is 4.75. The average molecular weight is 311 g/mol. The Hall–Kier alpha value is -2.14. The minimum absolute atomic E-state index is 0.203. The van der Waals surface area contributed by atoms with Crippen LogP contribution in [0.5, 0.6) is 0 Å². The molecule has 21 heavy (non-hydrogen) atoms. The summed E-state index contributed by atoms with van der Waals surface area (Å²) in [6.07, 6.45) is 0. The van der Waals surface area contributed by atoms with Crippen LogP contribution in [0, 0.1) is 11.6 Å². The fourth-order valence-corrected chi connectivity index (χ4v) is 1.96. The highest BCUT2D eigenvalue weighted by atomic mass is 35.5. The van der Waals surface area contributed by atoms with Crippen LogP contribution in [0.3, 0.4) is 0 Å². The first-order valence-corrected chi connectivity index (χ1v) is 6.56. The van der Waals surface area contributed by atoms with Crippen LogP contribution in [0.1, 0.15) is 5.56 Å². The summed E-state index contributed by atoms with van der Waals surface area (Å²) in [4.78, 5) is 13.3. The number of carbonyl (C=O) groups excluding carboxylic acids is 1. The zero-order chi connectivity index (χ0) is 15.4. The van der Waals surface area contributed by atoms with Crippen LogP contribution in [0.2, 0.25) is 5.02 Å². The van der Waals surface area contributed by atoms with E-state index in [4.69, 9.17) is 11.6 Å². The monoisotopic (exact) mass is 310 g/mol. The summed E-state index contributed by atoms with van der Waals surface area (Å²) in [5.74, 6) is -2.10. The minimum atomic E-state index is -1.09. The van der Waals surface area contributed by atoms with Gasteiger partial charge in [0.2, 0.25) is 0 Å². The molecule has 0 spiro atoms. The largest absolute Gasteiger partial charge is 0.323 e. The maximum Gasteiger partial charge on any atom is 0.321 e. The lowest BCUT2D eigenvalue weighted by atomic mass is 10.2.